The van der Waals surface area contributed by atoms with Gasteiger partial charge in [-0.1, -0.05) is 64.5 Å². The average molecular weight is 478 g/mol. The van der Waals surface area contributed by atoms with E-state index in [1.807, 2.05) is 55.6 Å². The summed E-state index contributed by atoms with van der Waals surface area (Å²) in [5.41, 5.74) is 4.36. The third kappa shape index (κ3) is 5.36. The van der Waals surface area contributed by atoms with Gasteiger partial charge in [-0.15, -0.1) is 0 Å². The lowest BCUT2D eigenvalue weighted by molar-refractivity contribution is -0.142. The summed E-state index contributed by atoms with van der Waals surface area (Å²) in [6.45, 7) is 3.47. The smallest absolute Gasteiger partial charge is 0.310 e. The van der Waals surface area contributed by atoms with Crippen molar-refractivity contribution in [1.29, 1.82) is 0 Å². The van der Waals surface area contributed by atoms with Gasteiger partial charge in [0.15, 0.2) is 0 Å². The van der Waals surface area contributed by atoms with Crippen molar-refractivity contribution in [2.45, 2.75) is 26.5 Å². The van der Waals surface area contributed by atoms with Gasteiger partial charge in [-0.2, -0.15) is 0 Å². The molecule has 0 atom stereocenters. The highest BCUT2D eigenvalue weighted by Crippen LogP contribution is 2.27. The van der Waals surface area contributed by atoms with E-state index >= 15 is 0 Å². The Morgan fingerprint density at radius 2 is 1.74 bits per heavy atom. The lowest BCUT2D eigenvalue weighted by Gasteiger charge is -2.09. The Balaban J connectivity index is 1.51. The van der Waals surface area contributed by atoms with E-state index < -0.39 is 0 Å². The van der Waals surface area contributed by atoms with Crippen molar-refractivity contribution in [1.82, 2.24) is 4.57 Å². The Morgan fingerprint density at radius 3 is 2.48 bits per heavy atom. The van der Waals surface area contributed by atoms with Crippen molar-refractivity contribution in [2.75, 3.05) is 6.61 Å². The number of halogens is 1. The molecule has 0 unspecified atom stereocenters. The van der Waals surface area contributed by atoms with E-state index in [0.29, 0.717) is 19.8 Å². The molecular weight excluding hydrogens is 454 g/mol. The minimum atomic E-state index is -0.204. The van der Waals surface area contributed by atoms with Gasteiger partial charge in [-0.25, -0.2) is 0 Å². The van der Waals surface area contributed by atoms with Gasteiger partial charge in [0, 0.05) is 28.1 Å². The van der Waals surface area contributed by atoms with Crippen LogP contribution in [0.25, 0.3) is 10.9 Å². The molecule has 4 rings (SSSR count). The first-order valence-corrected chi connectivity index (χ1v) is 11.1. The third-order valence-corrected chi connectivity index (χ3v) is 5.58. The second kappa shape index (κ2) is 9.84. The molecule has 31 heavy (non-hydrogen) atoms. The maximum absolute atomic E-state index is 12.0. The van der Waals surface area contributed by atoms with Crippen LogP contribution >= 0.6 is 15.9 Å². The van der Waals surface area contributed by atoms with Gasteiger partial charge < -0.3 is 14.0 Å². The molecule has 0 radical (unpaired) electrons. The van der Waals surface area contributed by atoms with Crippen molar-refractivity contribution in [2.24, 2.45) is 0 Å². The second-order valence-electron chi connectivity index (χ2n) is 7.34. The summed E-state index contributed by atoms with van der Waals surface area (Å²) in [4.78, 5) is 12.0. The molecule has 0 fully saturated rings. The van der Waals surface area contributed by atoms with Crippen LogP contribution in [0.5, 0.6) is 5.75 Å². The van der Waals surface area contributed by atoms with Crippen LogP contribution in [0.2, 0.25) is 0 Å². The van der Waals surface area contributed by atoms with Crippen LogP contribution in [-0.2, 0) is 29.1 Å². The number of hydrogen-bond acceptors (Lipinski definition) is 3. The molecule has 158 valence electrons. The van der Waals surface area contributed by atoms with Crippen LogP contribution < -0.4 is 4.74 Å². The molecule has 1 heterocycles. The van der Waals surface area contributed by atoms with Crippen LogP contribution in [-0.4, -0.2) is 17.1 Å². The summed E-state index contributed by atoms with van der Waals surface area (Å²) in [6, 6.07) is 24.4. The van der Waals surface area contributed by atoms with Crippen LogP contribution in [0.4, 0.5) is 0 Å². The summed E-state index contributed by atoms with van der Waals surface area (Å²) >= 11 is 3.56. The fourth-order valence-corrected chi connectivity index (χ4v) is 3.96. The summed E-state index contributed by atoms with van der Waals surface area (Å²) in [5, 5.41) is 1.07. The number of aromatic nitrogens is 1. The number of rotatable bonds is 8. The molecule has 0 aliphatic rings. The highest BCUT2D eigenvalue weighted by molar-refractivity contribution is 9.10. The zero-order chi connectivity index (χ0) is 21.6. The maximum atomic E-state index is 12.0. The summed E-state index contributed by atoms with van der Waals surface area (Å²) in [5.74, 6) is 0.639. The molecule has 0 amide bonds. The largest absolute Gasteiger partial charge is 0.489 e. The number of benzene rings is 3. The van der Waals surface area contributed by atoms with E-state index in [4.69, 9.17) is 9.47 Å². The number of ether oxygens (including phenoxy) is 2. The van der Waals surface area contributed by atoms with Gasteiger partial charge in [0.1, 0.15) is 12.4 Å². The summed E-state index contributed by atoms with van der Waals surface area (Å²) < 4.78 is 14.2. The standard InChI is InChI=1S/C26H24BrNO3/c1-2-30-26(29)14-21-17-28(25-15-22(27)10-13-24(21)25)16-19-8-11-23(12-9-19)31-18-20-6-4-3-5-7-20/h3-13,15,17H,2,14,16,18H2,1H3. The van der Waals surface area contributed by atoms with E-state index in [9.17, 15) is 4.79 Å². The van der Waals surface area contributed by atoms with Gasteiger partial charge >= 0.3 is 5.97 Å². The molecule has 4 nitrogen and oxygen atoms in total. The number of esters is 1. The lowest BCUT2D eigenvalue weighted by atomic mass is 10.1. The fraction of sp³-hybridized carbons (Fsp3) is 0.192. The van der Waals surface area contributed by atoms with Crippen LogP contribution in [0.3, 0.4) is 0 Å². The van der Waals surface area contributed by atoms with Gasteiger partial charge in [0.2, 0.25) is 0 Å². The Morgan fingerprint density at radius 1 is 0.968 bits per heavy atom. The number of fused-ring (bicyclic) bond motifs is 1. The van der Waals surface area contributed by atoms with Gasteiger partial charge in [0.05, 0.1) is 13.0 Å². The predicted octanol–water partition coefficient (Wildman–Crippen LogP) is 6.14. The molecule has 4 aromatic rings. The van der Waals surface area contributed by atoms with Crippen LogP contribution in [0.1, 0.15) is 23.6 Å². The van der Waals surface area contributed by atoms with Crippen molar-refractivity contribution in [3.8, 4) is 5.75 Å². The molecule has 0 spiro atoms. The SMILES string of the molecule is CCOC(=O)Cc1cn(Cc2ccc(OCc3ccccc3)cc2)c2cc(Br)ccc12. The minimum absolute atomic E-state index is 0.204. The fourth-order valence-electron chi connectivity index (χ4n) is 3.61. The van der Waals surface area contributed by atoms with Crippen molar-refractivity contribution in [3.63, 3.8) is 0 Å². The topological polar surface area (TPSA) is 40.5 Å². The minimum Gasteiger partial charge on any atom is -0.489 e. The molecule has 0 saturated carbocycles. The third-order valence-electron chi connectivity index (χ3n) is 5.09. The van der Waals surface area contributed by atoms with Crippen LogP contribution in [0, 0.1) is 0 Å². The molecule has 0 bridgehead atoms. The Kier molecular flexibility index (Phi) is 6.73. The van der Waals surface area contributed by atoms with Crippen molar-refractivity contribution >= 4 is 32.8 Å². The molecular formula is C26H24BrNO3. The maximum Gasteiger partial charge on any atom is 0.310 e. The van der Waals surface area contributed by atoms with E-state index in [-0.39, 0.29) is 12.4 Å². The molecule has 0 N–H and O–H groups in total. The molecule has 3 aromatic carbocycles. The molecule has 1 aromatic heterocycles. The highest BCUT2D eigenvalue weighted by atomic mass is 79.9. The number of carbonyl (C=O) groups excluding carboxylic acids is 1. The first-order valence-electron chi connectivity index (χ1n) is 10.3. The normalized spacial score (nSPS) is 10.9. The molecule has 0 saturated heterocycles. The Bertz CT molecular complexity index is 1170. The first-order chi connectivity index (χ1) is 15.1. The molecule has 0 aliphatic carbocycles. The van der Waals surface area contributed by atoms with Gasteiger partial charge in [-0.3, -0.25) is 4.79 Å². The zero-order valence-corrected chi connectivity index (χ0v) is 19.0. The second-order valence-corrected chi connectivity index (χ2v) is 8.26. The quantitative estimate of drug-likeness (QED) is 0.286. The predicted molar refractivity (Wildman–Crippen MR) is 126 cm³/mol. The van der Waals surface area contributed by atoms with E-state index in [1.165, 1.54) is 0 Å². The van der Waals surface area contributed by atoms with Crippen molar-refractivity contribution in [3.05, 3.63) is 100 Å². The summed E-state index contributed by atoms with van der Waals surface area (Å²) in [6.07, 6.45) is 2.32. The number of carbonyl (C=O) groups is 1. The van der Waals surface area contributed by atoms with Crippen LogP contribution in [0.15, 0.2) is 83.5 Å². The Labute approximate surface area is 190 Å². The summed E-state index contributed by atoms with van der Waals surface area (Å²) in [7, 11) is 0. The number of hydrogen-bond donors (Lipinski definition) is 0. The van der Waals surface area contributed by atoms with E-state index in [1.54, 1.807) is 0 Å². The first kappa shape index (κ1) is 21.2. The Hall–Kier alpha value is -3.05. The zero-order valence-electron chi connectivity index (χ0n) is 17.4. The highest BCUT2D eigenvalue weighted by Gasteiger charge is 2.13. The van der Waals surface area contributed by atoms with Gasteiger partial charge in [-0.05, 0) is 47.9 Å². The molecule has 5 heteroatoms. The monoisotopic (exact) mass is 477 g/mol. The van der Waals surface area contributed by atoms with E-state index in [2.05, 4.69) is 50.8 Å². The lowest BCUT2D eigenvalue weighted by Crippen LogP contribution is -2.07. The molecule has 0 aliphatic heterocycles. The number of nitrogens with zero attached hydrogens (tertiary/aromatic N) is 1. The van der Waals surface area contributed by atoms with Gasteiger partial charge in [0.25, 0.3) is 0 Å². The van der Waals surface area contributed by atoms with Crippen molar-refractivity contribution < 1.29 is 14.3 Å². The van der Waals surface area contributed by atoms with E-state index in [0.717, 1.165) is 37.8 Å². The average Bonchev–Trinajstić information content (AvgIpc) is 3.10.